The number of hydrogen-bond donors (Lipinski definition) is 0. The fourth-order valence-electron chi connectivity index (χ4n) is 4.94. The molecule has 204 valence electrons. The lowest BCUT2D eigenvalue weighted by Crippen LogP contribution is -2.40. The van der Waals surface area contributed by atoms with Gasteiger partial charge in [-0.1, -0.05) is 53.8 Å². The van der Waals surface area contributed by atoms with Gasteiger partial charge in [0.25, 0.3) is 11.2 Å². The Balaban J connectivity index is 1.80. The molecule has 0 saturated heterocycles. The van der Waals surface area contributed by atoms with Crippen molar-refractivity contribution in [3.05, 3.63) is 112 Å². The molecule has 3 aromatic carbocycles. The Bertz CT molecular complexity index is 1890. The number of carbonyl (C=O) groups is 1. The summed E-state index contributed by atoms with van der Waals surface area (Å²) in [5.74, 6) is 0.0140. The van der Waals surface area contributed by atoms with E-state index in [-0.39, 0.29) is 23.4 Å². The van der Waals surface area contributed by atoms with E-state index in [1.807, 2.05) is 43.3 Å². The number of aromatic nitrogens is 1. The van der Waals surface area contributed by atoms with Gasteiger partial charge in [-0.15, -0.1) is 0 Å². The van der Waals surface area contributed by atoms with Gasteiger partial charge in [0.05, 0.1) is 40.0 Å². The predicted molar refractivity (Wildman–Crippen MR) is 153 cm³/mol. The molecule has 2 heterocycles. The van der Waals surface area contributed by atoms with Gasteiger partial charge < -0.3 is 9.47 Å². The second kappa shape index (κ2) is 10.9. The third kappa shape index (κ3) is 4.71. The van der Waals surface area contributed by atoms with Crippen LogP contribution < -0.4 is 19.6 Å². The maximum Gasteiger partial charge on any atom is 0.338 e. The molecule has 0 aliphatic carbocycles. The van der Waals surface area contributed by atoms with E-state index in [2.05, 4.69) is 4.99 Å². The number of nitro groups is 1. The number of ether oxygens (including phenoxy) is 2. The average Bonchev–Trinajstić information content (AvgIpc) is 3.23. The zero-order valence-corrected chi connectivity index (χ0v) is 23.3. The minimum absolute atomic E-state index is 0.102. The molecule has 5 rings (SSSR count). The van der Waals surface area contributed by atoms with E-state index in [4.69, 9.17) is 9.47 Å². The lowest BCUT2D eigenvalue weighted by atomic mass is 9.94. The number of fused-ring (bicyclic) bond motifs is 2. The van der Waals surface area contributed by atoms with Gasteiger partial charge in [0.1, 0.15) is 5.75 Å². The molecule has 0 bridgehead atoms. The maximum absolute atomic E-state index is 14.1. The number of allylic oxidation sites excluding steroid dienone is 1. The zero-order valence-electron chi connectivity index (χ0n) is 22.5. The number of esters is 1. The van der Waals surface area contributed by atoms with Crippen LogP contribution in [-0.2, 0) is 9.53 Å². The van der Waals surface area contributed by atoms with Gasteiger partial charge in [0, 0.05) is 17.2 Å². The summed E-state index contributed by atoms with van der Waals surface area (Å²) < 4.78 is 13.0. The second-order valence-electron chi connectivity index (χ2n) is 9.24. The van der Waals surface area contributed by atoms with Gasteiger partial charge in [0.15, 0.2) is 4.80 Å². The molecule has 9 nitrogen and oxygen atoms in total. The number of hydrogen-bond acceptors (Lipinski definition) is 8. The van der Waals surface area contributed by atoms with E-state index in [1.165, 1.54) is 22.0 Å². The molecular formula is C30H27N3O6S. The minimum atomic E-state index is -0.948. The highest BCUT2D eigenvalue weighted by Gasteiger charge is 2.34. The van der Waals surface area contributed by atoms with Gasteiger partial charge in [0.2, 0.25) is 0 Å². The van der Waals surface area contributed by atoms with Crippen LogP contribution >= 0.6 is 11.3 Å². The van der Waals surface area contributed by atoms with Crippen LogP contribution in [0.4, 0.5) is 5.69 Å². The number of carbonyl (C=O) groups excluding carboxylic acids is 1. The van der Waals surface area contributed by atoms with Gasteiger partial charge in [-0.3, -0.25) is 19.5 Å². The van der Waals surface area contributed by atoms with E-state index >= 15 is 0 Å². The SMILES string of the molecule is CCOC(=O)C1=C(C)N=c2s/c(=C/c3c(OCC)ccc4ccccc34)c(=O)n2[C@H]1c1ccc(C)c([N+](=O)[O-])c1. The summed E-state index contributed by atoms with van der Waals surface area (Å²) in [5.41, 5.74) is 1.73. The van der Waals surface area contributed by atoms with Crippen molar-refractivity contribution in [1.82, 2.24) is 4.57 Å². The first-order valence-electron chi connectivity index (χ1n) is 12.8. The first-order valence-corrected chi connectivity index (χ1v) is 13.7. The Morgan fingerprint density at radius 3 is 2.62 bits per heavy atom. The van der Waals surface area contributed by atoms with Crippen molar-refractivity contribution in [2.24, 2.45) is 4.99 Å². The van der Waals surface area contributed by atoms with Gasteiger partial charge in [-0.25, -0.2) is 9.79 Å². The Kier molecular flexibility index (Phi) is 7.36. The van der Waals surface area contributed by atoms with Crippen molar-refractivity contribution < 1.29 is 19.2 Å². The molecule has 0 unspecified atom stereocenters. The summed E-state index contributed by atoms with van der Waals surface area (Å²) >= 11 is 1.19. The molecule has 0 radical (unpaired) electrons. The van der Waals surface area contributed by atoms with Crippen molar-refractivity contribution in [3.8, 4) is 5.75 Å². The van der Waals surface area contributed by atoms with Crippen molar-refractivity contribution >= 4 is 39.8 Å². The van der Waals surface area contributed by atoms with Gasteiger partial charge in [-0.05, 0) is 56.2 Å². The van der Waals surface area contributed by atoms with E-state index in [0.717, 1.165) is 16.3 Å². The molecule has 0 N–H and O–H groups in total. The van der Waals surface area contributed by atoms with Gasteiger partial charge >= 0.3 is 5.97 Å². The molecule has 1 aliphatic heterocycles. The largest absolute Gasteiger partial charge is 0.493 e. The van der Waals surface area contributed by atoms with Crippen LogP contribution in [0.2, 0.25) is 0 Å². The Morgan fingerprint density at radius 1 is 1.12 bits per heavy atom. The lowest BCUT2D eigenvalue weighted by Gasteiger charge is -2.24. The summed E-state index contributed by atoms with van der Waals surface area (Å²) in [6.45, 7) is 7.48. The third-order valence-electron chi connectivity index (χ3n) is 6.77. The maximum atomic E-state index is 14.1. The molecule has 1 aliphatic rings. The Morgan fingerprint density at radius 2 is 1.90 bits per heavy atom. The van der Waals surface area contributed by atoms with Crippen LogP contribution in [0.15, 0.2) is 75.7 Å². The number of thiazole rings is 1. The summed E-state index contributed by atoms with van der Waals surface area (Å²) in [7, 11) is 0. The van der Waals surface area contributed by atoms with Crippen molar-refractivity contribution in [2.75, 3.05) is 13.2 Å². The fraction of sp³-hybridized carbons (Fsp3) is 0.233. The molecule has 0 fully saturated rings. The normalized spacial score (nSPS) is 15.1. The molecule has 0 spiro atoms. The quantitative estimate of drug-likeness (QED) is 0.187. The molecule has 10 heteroatoms. The van der Waals surface area contributed by atoms with Crippen molar-refractivity contribution in [2.45, 2.75) is 33.7 Å². The first kappa shape index (κ1) is 27.0. The van der Waals surface area contributed by atoms with Crippen molar-refractivity contribution in [1.29, 1.82) is 0 Å². The molecule has 40 heavy (non-hydrogen) atoms. The van der Waals surface area contributed by atoms with Crippen LogP contribution in [0.3, 0.4) is 0 Å². The van der Waals surface area contributed by atoms with Crippen LogP contribution in [0.5, 0.6) is 5.75 Å². The smallest absolute Gasteiger partial charge is 0.338 e. The molecule has 1 aromatic heterocycles. The van der Waals surface area contributed by atoms with E-state index in [1.54, 1.807) is 39.0 Å². The molecule has 0 amide bonds. The Labute approximate surface area is 233 Å². The standard InChI is InChI=1S/C30H27N3O6S/c1-5-38-24-14-13-19-9-7-8-10-21(19)22(24)16-25-28(34)32-27(20-12-11-17(3)23(15-20)33(36)37)26(29(35)39-6-2)18(4)31-30(32)40-25/h7-16,27H,5-6H2,1-4H3/b25-16+/t27-/m0/s1. The summed E-state index contributed by atoms with van der Waals surface area (Å²) in [6.07, 6.45) is 1.79. The zero-order chi connectivity index (χ0) is 28.6. The predicted octanol–water partition coefficient (Wildman–Crippen LogP) is 4.57. The number of nitrogens with zero attached hydrogens (tertiary/aromatic N) is 3. The highest BCUT2D eigenvalue weighted by molar-refractivity contribution is 7.07. The molecule has 4 aromatic rings. The Hall–Kier alpha value is -4.57. The van der Waals surface area contributed by atoms with Crippen LogP contribution in [0.25, 0.3) is 16.8 Å². The summed E-state index contributed by atoms with van der Waals surface area (Å²) in [5, 5.41) is 13.7. The number of aryl methyl sites for hydroxylation is 1. The number of rotatable bonds is 7. The molecule has 1 atom stereocenters. The lowest BCUT2D eigenvalue weighted by molar-refractivity contribution is -0.385. The second-order valence-corrected chi connectivity index (χ2v) is 10.2. The monoisotopic (exact) mass is 557 g/mol. The van der Waals surface area contributed by atoms with Crippen LogP contribution in [-0.4, -0.2) is 28.7 Å². The van der Waals surface area contributed by atoms with Crippen molar-refractivity contribution in [3.63, 3.8) is 0 Å². The topological polar surface area (TPSA) is 113 Å². The van der Waals surface area contributed by atoms with Crippen LogP contribution in [0.1, 0.15) is 43.5 Å². The molecular weight excluding hydrogens is 530 g/mol. The summed E-state index contributed by atoms with van der Waals surface area (Å²) in [4.78, 5) is 43.5. The third-order valence-corrected chi connectivity index (χ3v) is 7.75. The average molecular weight is 558 g/mol. The number of benzene rings is 3. The summed E-state index contributed by atoms with van der Waals surface area (Å²) in [6, 6.07) is 15.5. The highest BCUT2D eigenvalue weighted by atomic mass is 32.1. The number of nitro benzene ring substituents is 1. The van der Waals surface area contributed by atoms with E-state index < -0.39 is 16.9 Å². The molecule has 0 saturated carbocycles. The van der Waals surface area contributed by atoms with E-state index in [0.29, 0.717) is 38.5 Å². The van der Waals surface area contributed by atoms with Gasteiger partial charge in [-0.2, -0.15) is 0 Å². The van der Waals surface area contributed by atoms with Crippen LogP contribution in [0, 0.1) is 17.0 Å². The fourth-order valence-corrected chi connectivity index (χ4v) is 5.97. The first-order chi connectivity index (χ1) is 19.2. The highest BCUT2D eigenvalue weighted by Crippen LogP contribution is 2.34. The van der Waals surface area contributed by atoms with E-state index in [9.17, 15) is 19.7 Å². The minimum Gasteiger partial charge on any atom is -0.493 e.